The second kappa shape index (κ2) is 11.4. The van der Waals surface area contributed by atoms with Crippen LogP contribution in [0, 0.1) is 0 Å². The Labute approximate surface area is 190 Å². The van der Waals surface area contributed by atoms with Crippen LogP contribution in [0.25, 0.3) is 0 Å². The lowest BCUT2D eigenvalue weighted by atomic mass is 10.1. The van der Waals surface area contributed by atoms with Gasteiger partial charge in [0.15, 0.2) is 15.8 Å². The van der Waals surface area contributed by atoms with Crippen LogP contribution in [0.15, 0.2) is 70.6 Å². The van der Waals surface area contributed by atoms with Gasteiger partial charge >= 0.3 is 0 Å². The molecule has 0 unspecified atom stereocenters. The standard InChI is InChI=1S/C21H27N3O3S.HI/c1-22-21(23-14-17-28(25,26)20-10-6-3-7-11-20)24-15-12-19(13-16-24)27-18-8-4-2-5-9-18;/h2-11,19H,12-17H2,1H3,(H,22,23);1H. The number of hydrogen-bond acceptors (Lipinski definition) is 4. The first-order chi connectivity index (χ1) is 13.6. The third-order valence-corrected chi connectivity index (χ3v) is 6.49. The Bertz CT molecular complexity index is 869. The number of nitrogens with one attached hydrogen (secondary N) is 1. The lowest BCUT2D eigenvalue weighted by molar-refractivity contribution is 0.129. The van der Waals surface area contributed by atoms with Gasteiger partial charge in [0.05, 0.1) is 10.6 Å². The van der Waals surface area contributed by atoms with Crippen molar-refractivity contribution in [3.05, 3.63) is 60.7 Å². The van der Waals surface area contributed by atoms with E-state index >= 15 is 0 Å². The zero-order chi connectivity index (χ0) is 19.8. The molecule has 1 fully saturated rings. The van der Waals surface area contributed by atoms with Gasteiger partial charge in [0.2, 0.25) is 0 Å². The topological polar surface area (TPSA) is 71.0 Å². The van der Waals surface area contributed by atoms with E-state index in [4.69, 9.17) is 4.74 Å². The summed E-state index contributed by atoms with van der Waals surface area (Å²) in [6.07, 6.45) is 1.99. The van der Waals surface area contributed by atoms with Crippen LogP contribution in [0.2, 0.25) is 0 Å². The number of likely N-dealkylation sites (tertiary alicyclic amines) is 1. The van der Waals surface area contributed by atoms with Gasteiger partial charge in [-0.1, -0.05) is 36.4 Å². The summed E-state index contributed by atoms with van der Waals surface area (Å²) < 4.78 is 30.8. The molecule has 1 aliphatic heterocycles. The fourth-order valence-electron chi connectivity index (χ4n) is 3.25. The Morgan fingerprint density at radius 2 is 1.66 bits per heavy atom. The van der Waals surface area contributed by atoms with Crippen LogP contribution in [0.4, 0.5) is 0 Å². The van der Waals surface area contributed by atoms with Gasteiger partial charge in [0.25, 0.3) is 0 Å². The Hall–Kier alpha value is -1.81. The molecule has 2 aromatic carbocycles. The van der Waals surface area contributed by atoms with Gasteiger partial charge in [-0.2, -0.15) is 0 Å². The molecule has 0 atom stereocenters. The minimum Gasteiger partial charge on any atom is -0.490 e. The molecule has 158 valence electrons. The number of halogens is 1. The number of para-hydroxylation sites is 1. The molecule has 1 heterocycles. The normalized spacial score (nSPS) is 15.5. The molecule has 1 aliphatic rings. The number of rotatable bonds is 6. The van der Waals surface area contributed by atoms with E-state index in [0.717, 1.165) is 37.6 Å². The maximum absolute atomic E-state index is 12.4. The van der Waals surface area contributed by atoms with Gasteiger partial charge in [-0.25, -0.2) is 8.42 Å². The predicted octanol–water partition coefficient (Wildman–Crippen LogP) is 3.20. The highest BCUT2D eigenvalue weighted by Crippen LogP contribution is 2.18. The zero-order valence-electron chi connectivity index (χ0n) is 16.5. The summed E-state index contributed by atoms with van der Waals surface area (Å²) in [4.78, 5) is 6.81. The van der Waals surface area contributed by atoms with Crippen molar-refractivity contribution in [2.24, 2.45) is 4.99 Å². The van der Waals surface area contributed by atoms with Crippen molar-refractivity contribution < 1.29 is 13.2 Å². The zero-order valence-corrected chi connectivity index (χ0v) is 19.7. The van der Waals surface area contributed by atoms with E-state index in [1.54, 1.807) is 31.3 Å². The van der Waals surface area contributed by atoms with E-state index in [1.165, 1.54) is 0 Å². The van der Waals surface area contributed by atoms with Gasteiger partial charge in [0.1, 0.15) is 11.9 Å². The van der Waals surface area contributed by atoms with Crippen LogP contribution in [0.1, 0.15) is 12.8 Å². The Kier molecular flexibility index (Phi) is 9.22. The van der Waals surface area contributed by atoms with Crippen molar-refractivity contribution >= 4 is 39.8 Å². The summed E-state index contributed by atoms with van der Waals surface area (Å²) in [5.74, 6) is 1.67. The maximum atomic E-state index is 12.4. The summed E-state index contributed by atoms with van der Waals surface area (Å²) in [5, 5.41) is 3.19. The van der Waals surface area contributed by atoms with E-state index in [9.17, 15) is 8.42 Å². The highest BCUT2D eigenvalue weighted by atomic mass is 127. The average molecular weight is 529 g/mol. The smallest absolute Gasteiger partial charge is 0.193 e. The van der Waals surface area contributed by atoms with Crippen molar-refractivity contribution in [1.29, 1.82) is 0 Å². The predicted molar refractivity (Wildman–Crippen MR) is 127 cm³/mol. The summed E-state index contributed by atoms with van der Waals surface area (Å²) >= 11 is 0. The van der Waals surface area contributed by atoms with Crippen LogP contribution in [-0.4, -0.2) is 57.8 Å². The Morgan fingerprint density at radius 1 is 1.07 bits per heavy atom. The summed E-state index contributed by atoms with van der Waals surface area (Å²) in [6.45, 7) is 1.97. The highest BCUT2D eigenvalue weighted by Gasteiger charge is 2.23. The Balaban J connectivity index is 0.00000300. The van der Waals surface area contributed by atoms with E-state index < -0.39 is 9.84 Å². The number of ether oxygens (including phenoxy) is 1. The average Bonchev–Trinajstić information content (AvgIpc) is 2.73. The first-order valence-corrected chi connectivity index (χ1v) is 11.2. The third kappa shape index (κ3) is 6.88. The van der Waals surface area contributed by atoms with E-state index in [2.05, 4.69) is 15.2 Å². The molecule has 0 radical (unpaired) electrons. The first kappa shape index (κ1) is 23.5. The molecule has 0 amide bonds. The summed E-state index contributed by atoms with van der Waals surface area (Å²) in [7, 11) is -1.57. The quantitative estimate of drug-likeness (QED) is 0.354. The van der Waals surface area contributed by atoms with Crippen LogP contribution in [-0.2, 0) is 9.84 Å². The van der Waals surface area contributed by atoms with Gasteiger partial charge in [-0.3, -0.25) is 4.99 Å². The molecule has 1 N–H and O–H groups in total. The molecule has 1 saturated heterocycles. The van der Waals surface area contributed by atoms with Crippen LogP contribution in [0.3, 0.4) is 0 Å². The van der Waals surface area contributed by atoms with Gasteiger partial charge in [0, 0.05) is 39.5 Å². The minimum absolute atomic E-state index is 0. The number of piperidine rings is 1. The molecule has 29 heavy (non-hydrogen) atoms. The number of guanidine groups is 1. The van der Waals surface area contributed by atoms with Crippen LogP contribution >= 0.6 is 24.0 Å². The monoisotopic (exact) mass is 529 g/mol. The highest BCUT2D eigenvalue weighted by molar-refractivity contribution is 14.0. The van der Waals surface area contributed by atoms with Gasteiger partial charge < -0.3 is 15.0 Å². The SMILES string of the molecule is CN=C(NCCS(=O)(=O)c1ccccc1)N1CCC(Oc2ccccc2)CC1.I. The fraction of sp³-hybridized carbons (Fsp3) is 0.381. The van der Waals surface area contributed by atoms with Gasteiger partial charge in [-0.15, -0.1) is 24.0 Å². The molecular formula is C21H28IN3O3S. The number of nitrogens with zero attached hydrogens (tertiary/aromatic N) is 2. The van der Waals surface area contributed by atoms with Crippen molar-refractivity contribution in [3.8, 4) is 5.75 Å². The largest absolute Gasteiger partial charge is 0.490 e. The molecule has 0 bridgehead atoms. The number of hydrogen-bond donors (Lipinski definition) is 1. The summed E-state index contributed by atoms with van der Waals surface area (Å²) in [6, 6.07) is 18.4. The lowest BCUT2D eigenvalue weighted by Gasteiger charge is -2.34. The molecule has 0 saturated carbocycles. The molecule has 0 aliphatic carbocycles. The first-order valence-electron chi connectivity index (χ1n) is 9.53. The molecule has 3 rings (SSSR count). The fourth-order valence-corrected chi connectivity index (χ4v) is 4.43. The molecule has 0 spiro atoms. The Morgan fingerprint density at radius 3 is 2.24 bits per heavy atom. The van der Waals surface area contributed by atoms with Crippen molar-refractivity contribution in [2.45, 2.75) is 23.8 Å². The second-order valence-electron chi connectivity index (χ2n) is 6.72. The number of benzene rings is 2. The van der Waals surface area contributed by atoms with Crippen LogP contribution in [0.5, 0.6) is 5.75 Å². The number of aliphatic imine (C=N–C) groups is 1. The van der Waals surface area contributed by atoms with Crippen molar-refractivity contribution in [1.82, 2.24) is 10.2 Å². The lowest BCUT2D eigenvalue weighted by Crippen LogP contribution is -2.48. The maximum Gasteiger partial charge on any atom is 0.193 e. The van der Waals surface area contributed by atoms with Crippen molar-refractivity contribution in [2.75, 3.05) is 32.4 Å². The third-order valence-electron chi connectivity index (χ3n) is 4.76. The molecule has 0 aromatic heterocycles. The molecule has 6 nitrogen and oxygen atoms in total. The van der Waals surface area contributed by atoms with Crippen LogP contribution < -0.4 is 10.1 Å². The van der Waals surface area contributed by atoms with Crippen molar-refractivity contribution in [3.63, 3.8) is 0 Å². The molecular weight excluding hydrogens is 501 g/mol. The second-order valence-corrected chi connectivity index (χ2v) is 8.83. The number of sulfone groups is 1. The summed E-state index contributed by atoms with van der Waals surface area (Å²) in [5.41, 5.74) is 0. The van der Waals surface area contributed by atoms with E-state index in [1.807, 2.05) is 36.4 Å². The van der Waals surface area contributed by atoms with E-state index in [0.29, 0.717) is 11.4 Å². The molecule has 2 aromatic rings. The van der Waals surface area contributed by atoms with E-state index in [-0.39, 0.29) is 35.8 Å². The van der Waals surface area contributed by atoms with Gasteiger partial charge in [-0.05, 0) is 24.3 Å². The molecule has 8 heteroatoms. The minimum atomic E-state index is -3.29.